The lowest BCUT2D eigenvalue weighted by molar-refractivity contribution is 1.15. The molecule has 0 aliphatic heterocycles. The van der Waals surface area contributed by atoms with Crippen molar-refractivity contribution in [3.05, 3.63) is 187 Å². The van der Waals surface area contributed by atoms with E-state index in [2.05, 4.69) is 171 Å². The van der Waals surface area contributed by atoms with E-state index >= 15 is 0 Å². The van der Waals surface area contributed by atoms with Crippen LogP contribution in [-0.4, -0.2) is 13.7 Å². The molecule has 3 aromatic heterocycles. The van der Waals surface area contributed by atoms with Gasteiger partial charge in [-0.2, -0.15) is 10.5 Å². The molecule has 11 rings (SSSR count). The first-order valence-electron chi connectivity index (χ1n) is 18.3. The summed E-state index contributed by atoms with van der Waals surface area (Å²) < 4.78 is 6.94. The van der Waals surface area contributed by atoms with Crippen LogP contribution < -0.4 is 0 Å². The second-order valence-electron chi connectivity index (χ2n) is 14.0. The quantitative estimate of drug-likeness (QED) is 0.184. The largest absolute Gasteiger partial charge is 0.309 e. The van der Waals surface area contributed by atoms with Crippen LogP contribution in [0.5, 0.6) is 0 Å². The summed E-state index contributed by atoms with van der Waals surface area (Å²) in [6.45, 7) is 0. The molecule has 0 N–H and O–H groups in total. The van der Waals surface area contributed by atoms with E-state index in [9.17, 15) is 10.5 Å². The zero-order chi connectivity index (χ0) is 36.6. The maximum Gasteiger partial charge on any atom is 0.0991 e. The summed E-state index contributed by atoms with van der Waals surface area (Å²) in [7, 11) is 0. The minimum atomic E-state index is 0.587. The summed E-state index contributed by atoms with van der Waals surface area (Å²) in [5.41, 5.74) is 12.8. The molecular weight excluding hydrogens is 671 g/mol. The molecule has 0 bridgehead atoms. The number of aromatic nitrogens is 3. The highest BCUT2D eigenvalue weighted by atomic mass is 15.0. The third-order valence-corrected chi connectivity index (χ3v) is 11.1. The fourth-order valence-corrected chi connectivity index (χ4v) is 8.70. The van der Waals surface area contributed by atoms with Gasteiger partial charge in [-0.05, 0) is 90.5 Å². The van der Waals surface area contributed by atoms with E-state index in [0.717, 1.165) is 72.1 Å². The Morgan fingerprint density at radius 2 is 0.782 bits per heavy atom. The van der Waals surface area contributed by atoms with E-state index in [4.69, 9.17) is 0 Å². The standard InChI is InChI=1S/C50H29N5/c51-30-32-17-25-48(42(27-32)34-19-21-35(22-20-34)53-44-13-5-1-9-37(44)38-10-2-6-14-45(38)53)55-49-26-18-33(31-52)28-43(49)41-24-23-36(29-50(41)55)54-46-15-7-3-11-39(46)40-12-4-8-16-47(40)54/h1-29H. The van der Waals surface area contributed by atoms with Crippen molar-refractivity contribution < 1.29 is 0 Å². The van der Waals surface area contributed by atoms with Crippen LogP contribution >= 0.6 is 0 Å². The van der Waals surface area contributed by atoms with Gasteiger partial charge in [-0.3, -0.25) is 0 Å². The topological polar surface area (TPSA) is 62.4 Å². The maximum atomic E-state index is 10.1. The van der Waals surface area contributed by atoms with Gasteiger partial charge in [0.1, 0.15) is 0 Å². The van der Waals surface area contributed by atoms with Crippen molar-refractivity contribution in [1.82, 2.24) is 13.7 Å². The second-order valence-corrected chi connectivity index (χ2v) is 14.0. The molecular formula is C50H29N5. The Labute approximate surface area is 316 Å². The molecule has 0 amide bonds. The van der Waals surface area contributed by atoms with Crippen molar-refractivity contribution in [2.45, 2.75) is 0 Å². The minimum Gasteiger partial charge on any atom is -0.309 e. The summed E-state index contributed by atoms with van der Waals surface area (Å²) >= 11 is 0. The van der Waals surface area contributed by atoms with Crippen LogP contribution in [0.2, 0.25) is 0 Å². The maximum absolute atomic E-state index is 10.1. The molecule has 0 fully saturated rings. The minimum absolute atomic E-state index is 0.587. The summed E-state index contributed by atoms with van der Waals surface area (Å²) in [4.78, 5) is 0. The van der Waals surface area contributed by atoms with Crippen molar-refractivity contribution in [3.63, 3.8) is 0 Å². The van der Waals surface area contributed by atoms with Gasteiger partial charge in [-0.25, -0.2) is 0 Å². The monoisotopic (exact) mass is 699 g/mol. The average molecular weight is 700 g/mol. The van der Waals surface area contributed by atoms with E-state index in [1.54, 1.807) is 0 Å². The predicted octanol–water partition coefficient (Wildman–Crippen LogP) is 12.4. The highest BCUT2D eigenvalue weighted by Crippen LogP contribution is 2.40. The molecule has 5 nitrogen and oxygen atoms in total. The van der Waals surface area contributed by atoms with E-state index < -0.39 is 0 Å². The lowest BCUT2D eigenvalue weighted by Crippen LogP contribution is -2.00. The first-order chi connectivity index (χ1) is 27.2. The Hall–Kier alpha value is -7.86. The third kappa shape index (κ3) is 4.51. The summed E-state index contributed by atoms with van der Waals surface area (Å²) in [5, 5.41) is 27.0. The van der Waals surface area contributed by atoms with Crippen LogP contribution in [0.15, 0.2) is 176 Å². The predicted molar refractivity (Wildman–Crippen MR) is 224 cm³/mol. The summed E-state index contributed by atoms with van der Waals surface area (Å²) in [6, 6.07) is 66.0. The first-order valence-corrected chi connectivity index (χ1v) is 18.3. The number of fused-ring (bicyclic) bond motifs is 9. The van der Waals surface area contributed by atoms with E-state index in [1.807, 2.05) is 30.3 Å². The number of nitriles is 2. The Morgan fingerprint density at radius 3 is 1.35 bits per heavy atom. The van der Waals surface area contributed by atoms with E-state index in [-0.39, 0.29) is 0 Å². The Morgan fingerprint density at radius 1 is 0.327 bits per heavy atom. The lowest BCUT2D eigenvalue weighted by Gasteiger charge is -2.16. The fourth-order valence-electron chi connectivity index (χ4n) is 8.70. The van der Waals surface area contributed by atoms with Gasteiger partial charge in [0, 0.05) is 49.3 Å². The molecule has 55 heavy (non-hydrogen) atoms. The summed E-state index contributed by atoms with van der Waals surface area (Å²) in [5.74, 6) is 0. The van der Waals surface area contributed by atoms with Crippen LogP contribution in [0.25, 0.3) is 93.6 Å². The van der Waals surface area contributed by atoms with E-state index in [1.165, 1.54) is 21.5 Å². The number of nitrogens with zero attached hydrogens (tertiary/aromatic N) is 5. The van der Waals surface area contributed by atoms with Gasteiger partial charge in [0.15, 0.2) is 0 Å². The molecule has 8 aromatic carbocycles. The Kier molecular flexibility index (Phi) is 6.61. The number of rotatable bonds is 4. The second kappa shape index (κ2) is 11.8. The van der Waals surface area contributed by atoms with Crippen LogP contribution in [0, 0.1) is 22.7 Å². The molecule has 0 saturated carbocycles. The van der Waals surface area contributed by atoms with Crippen molar-refractivity contribution in [3.8, 4) is 40.3 Å². The Bertz CT molecular complexity index is 3350. The van der Waals surface area contributed by atoms with Gasteiger partial charge in [0.25, 0.3) is 0 Å². The first kappa shape index (κ1) is 30.7. The molecule has 0 saturated heterocycles. The van der Waals surface area contributed by atoms with Crippen LogP contribution in [0.4, 0.5) is 0 Å². The number of hydrogen-bond donors (Lipinski definition) is 0. The highest BCUT2D eigenvalue weighted by molar-refractivity contribution is 6.13. The molecule has 5 heteroatoms. The SMILES string of the molecule is N#Cc1ccc(-n2c3ccc(C#N)cc3c3ccc(-n4c5ccccc5c5ccccc54)cc32)c(-c2ccc(-n3c4ccccc4c4ccccc43)cc2)c1. The Balaban J connectivity index is 1.15. The zero-order valence-corrected chi connectivity index (χ0v) is 29.5. The molecule has 0 atom stereocenters. The lowest BCUT2D eigenvalue weighted by atomic mass is 10.00. The molecule has 254 valence electrons. The number of hydrogen-bond acceptors (Lipinski definition) is 2. The van der Waals surface area contributed by atoms with Gasteiger partial charge in [0.05, 0.1) is 62.1 Å². The normalized spacial score (nSPS) is 11.6. The van der Waals surface area contributed by atoms with Gasteiger partial charge in [-0.1, -0.05) is 91.0 Å². The van der Waals surface area contributed by atoms with Crippen molar-refractivity contribution >= 4 is 65.4 Å². The zero-order valence-electron chi connectivity index (χ0n) is 29.5. The number of benzene rings is 8. The third-order valence-electron chi connectivity index (χ3n) is 11.1. The van der Waals surface area contributed by atoms with Gasteiger partial charge in [-0.15, -0.1) is 0 Å². The highest BCUT2D eigenvalue weighted by Gasteiger charge is 2.20. The average Bonchev–Trinajstić information content (AvgIpc) is 3.88. The smallest absolute Gasteiger partial charge is 0.0991 e. The molecule has 0 spiro atoms. The van der Waals surface area contributed by atoms with Crippen LogP contribution in [0.1, 0.15) is 11.1 Å². The molecule has 0 unspecified atom stereocenters. The summed E-state index contributed by atoms with van der Waals surface area (Å²) in [6.07, 6.45) is 0. The van der Waals surface area contributed by atoms with Crippen molar-refractivity contribution in [2.24, 2.45) is 0 Å². The number of para-hydroxylation sites is 4. The van der Waals surface area contributed by atoms with Crippen LogP contribution in [-0.2, 0) is 0 Å². The van der Waals surface area contributed by atoms with E-state index in [0.29, 0.717) is 11.1 Å². The van der Waals surface area contributed by atoms with Crippen LogP contribution in [0.3, 0.4) is 0 Å². The molecule has 0 aliphatic rings. The van der Waals surface area contributed by atoms with Crippen molar-refractivity contribution in [2.75, 3.05) is 0 Å². The molecule has 0 aliphatic carbocycles. The molecule has 0 radical (unpaired) electrons. The van der Waals surface area contributed by atoms with Crippen molar-refractivity contribution in [1.29, 1.82) is 10.5 Å². The van der Waals surface area contributed by atoms with Gasteiger partial charge >= 0.3 is 0 Å². The molecule has 11 aromatic rings. The molecule has 3 heterocycles. The fraction of sp³-hybridized carbons (Fsp3) is 0. The van der Waals surface area contributed by atoms with Gasteiger partial charge < -0.3 is 13.7 Å². The van der Waals surface area contributed by atoms with Gasteiger partial charge in [0.2, 0.25) is 0 Å².